The lowest BCUT2D eigenvalue weighted by molar-refractivity contribution is 0.0336. The average Bonchev–Trinajstić information content (AvgIpc) is 2.15. The third-order valence-corrected chi connectivity index (χ3v) is 3.99. The summed E-state index contributed by atoms with van der Waals surface area (Å²) in [5.74, 6) is 1.76. The van der Waals surface area contributed by atoms with Crippen LogP contribution in [-0.2, 0) is 0 Å². The second-order valence-corrected chi connectivity index (χ2v) is 6.33. The van der Waals surface area contributed by atoms with E-state index in [1.54, 1.807) is 0 Å². The summed E-state index contributed by atoms with van der Waals surface area (Å²) in [6, 6.07) is 0. The lowest BCUT2D eigenvalue weighted by Crippen LogP contribution is -2.42. The van der Waals surface area contributed by atoms with Crippen molar-refractivity contribution in [2.24, 2.45) is 17.3 Å². The molecule has 1 rings (SSSR count). The first-order chi connectivity index (χ1) is 7.62. The van der Waals surface area contributed by atoms with Crippen molar-refractivity contribution in [2.75, 3.05) is 13.1 Å². The van der Waals surface area contributed by atoms with E-state index in [0.717, 1.165) is 17.3 Å². The molecule has 0 aromatic heterocycles. The van der Waals surface area contributed by atoms with Crippen LogP contribution < -0.4 is 5.32 Å². The molecule has 0 atom stereocenters. The normalized spacial score (nSPS) is 20.1. The van der Waals surface area contributed by atoms with Gasteiger partial charge in [0.05, 0.1) is 0 Å². The van der Waals surface area contributed by atoms with Gasteiger partial charge >= 0.3 is 0 Å². The van der Waals surface area contributed by atoms with E-state index in [-0.39, 0.29) is 0 Å². The third kappa shape index (κ3) is 4.08. The largest absolute Gasteiger partial charge is 0.316 e. The molecule has 0 heterocycles. The monoisotopic (exact) mass is 225 g/mol. The Balaban J connectivity index is 2.17. The van der Waals surface area contributed by atoms with Gasteiger partial charge in [-0.3, -0.25) is 0 Å². The molecule has 0 aromatic carbocycles. The molecule has 0 aliphatic heterocycles. The predicted octanol–water partition coefficient (Wildman–Crippen LogP) is 4.23. The molecule has 1 saturated carbocycles. The van der Waals surface area contributed by atoms with Gasteiger partial charge in [-0.05, 0) is 56.0 Å². The zero-order chi connectivity index (χ0) is 12.0. The summed E-state index contributed by atoms with van der Waals surface area (Å²) in [5, 5.41) is 3.61. The second kappa shape index (κ2) is 6.64. The van der Waals surface area contributed by atoms with Gasteiger partial charge in [0.1, 0.15) is 0 Å². The van der Waals surface area contributed by atoms with Crippen LogP contribution in [-0.4, -0.2) is 13.1 Å². The van der Waals surface area contributed by atoms with E-state index in [4.69, 9.17) is 0 Å². The molecule has 1 aliphatic rings. The molecule has 1 fully saturated rings. The highest BCUT2D eigenvalue weighted by Gasteiger charge is 2.41. The fourth-order valence-electron chi connectivity index (χ4n) is 3.48. The Morgan fingerprint density at radius 3 is 2.12 bits per heavy atom. The van der Waals surface area contributed by atoms with Gasteiger partial charge < -0.3 is 5.32 Å². The maximum Gasteiger partial charge on any atom is -0.00200 e. The number of hydrogen-bond donors (Lipinski definition) is 1. The number of rotatable bonds is 8. The van der Waals surface area contributed by atoms with Crippen LogP contribution in [0.25, 0.3) is 0 Å². The van der Waals surface area contributed by atoms with E-state index >= 15 is 0 Å². The van der Waals surface area contributed by atoms with Gasteiger partial charge in [0.25, 0.3) is 0 Å². The fourth-order valence-corrected chi connectivity index (χ4v) is 3.48. The summed E-state index contributed by atoms with van der Waals surface area (Å²) >= 11 is 0. The summed E-state index contributed by atoms with van der Waals surface area (Å²) in [6.07, 6.45) is 8.63. The average molecular weight is 225 g/mol. The molecule has 1 heteroatoms. The van der Waals surface area contributed by atoms with Crippen molar-refractivity contribution < 1.29 is 0 Å². The van der Waals surface area contributed by atoms with Gasteiger partial charge in [0, 0.05) is 0 Å². The lowest BCUT2D eigenvalue weighted by Gasteiger charge is -2.48. The maximum atomic E-state index is 3.61. The minimum Gasteiger partial charge on any atom is -0.316 e. The number of hydrogen-bond acceptors (Lipinski definition) is 1. The van der Waals surface area contributed by atoms with Gasteiger partial charge in [0.2, 0.25) is 0 Å². The predicted molar refractivity (Wildman–Crippen MR) is 72.7 cm³/mol. The Hall–Kier alpha value is -0.0400. The maximum absolute atomic E-state index is 3.61. The summed E-state index contributed by atoms with van der Waals surface area (Å²) in [4.78, 5) is 0. The summed E-state index contributed by atoms with van der Waals surface area (Å²) in [7, 11) is 0. The number of nitrogens with one attached hydrogen (secondary N) is 1. The first kappa shape index (κ1) is 14.0. The van der Waals surface area contributed by atoms with Gasteiger partial charge in [-0.2, -0.15) is 0 Å². The molecular formula is C15H31N. The van der Waals surface area contributed by atoms with Crippen LogP contribution in [0.4, 0.5) is 0 Å². The van der Waals surface area contributed by atoms with Crippen molar-refractivity contribution in [1.29, 1.82) is 0 Å². The van der Waals surface area contributed by atoms with Crippen molar-refractivity contribution >= 4 is 0 Å². The van der Waals surface area contributed by atoms with Crippen molar-refractivity contribution in [3.8, 4) is 0 Å². The molecule has 0 amide bonds. The van der Waals surface area contributed by atoms with Crippen molar-refractivity contribution in [2.45, 2.75) is 66.2 Å². The topological polar surface area (TPSA) is 12.0 Å². The van der Waals surface area contributed by atoms with E-state index in [1.807, 2.05) is 0 Å². The molecule has 16 heavy (non-hydrogen) atoms. The molecule has 0 radical (unpaired) electrons. The molecule has 0 aromatic rings. The van der Waals surface area contributed by atoms with E-state index in [1.165, 1.54) is 51.6 Å². The van der Waals surface area contributed by atoms with Crippen LogP contribution in [0.15, 0.2) is 0 Å². The summed E-state index contributed by atoms with van der Waals surface area (Å²) in [6.45, 7) is 11.7. The van der Waals surface area contributed by atoms with Gasteiger partial charge in [-0.15, -0.1) is 0 Å². The lowest BCUT2D eigenvalue weighted by atomic mass is 9.58. The highest BCUT2D eigenvalue weighted by Crippen LogP contribution is 2.51. The van der Waals surface area contributed by atoms with E-state index in [2.05, 4.69) is 33.0 Å². The SMILES string of the molecule is CCCC1(CCC)CC(CNCC(C)C)C1. The van der Waals surface area contributed by atoms with E-state index in [9.17, 15) is 0 Å². The molecule has 0 bridgehead atoms. The second-order valence-electron chi connectivity index (χ2n) is 6.33. The van der Waals surface area contributed by atoms with Crippen molar-refractivity contribution in [3.63, 3.8) is 0 Å². The van der Waals surface area contributed by atoms with E-state index in [0.29, 0.717) is 0 Å². The molecule has 1 N–H and O–H groups in total. The minimum absolute atomic E-state index is 0.744. The van der Waals surface area contributed by atoms with Crippen molar-refractivity contribution in [1.82, 2.24) is 5.32 Å². The van der Waals surface area contributed by atoms with Crippen LogP contribution in [0.1, 0.15) is 66.2 Å². The highest BCUT2D eigenvalue weighted by molar-refractivity contribution is 4.93. The van der Waals surface area contributed by atoms with E-state index < -0.39 is 0 Å². The van der Waals surface area contributed by atoms with Crippen molar-refractivity contribution in [3.05, 3.63) is 0 Å². The standard InChI is InChI=1S/C15H31N/c1-5-7-15(8-6-2)9-14(10-15)12-16-11-13(3)4/h13-14,16H,5-12H2,1-4H3. The molecule has 0 saturated heterocycles. The highest BCUT2D eigenvalue weighted by atomic mass is 14.9. The Morgan fingerprint density at radius 2 is 1.69 bits per heavy atom. The van der Waals surface area contributed by atoms with Gasteiger partial charge in [-0.1, -0.05) is 40.5 Å². The minimum atomic E-state index is 0.744. The Morgan fingerprint density at radius 1 is 1.12 bits per heavy atom. The van der Waals surface area contributed by atoms with Crippen LogP contribution in [0.2, 0.25) is 0 Å². The summed E-state index contributed by atoms with van der Waals surface area (Å²) < 4.78 is 0. The van der Waals surface area contributed by atoms with Crippen LogP contribution in [0, 0.1) is 17.3 Å². The molecule has 1 aliphatic carbocycles. The molecule has 96 valence electrons. The fraction of sp³-hybridized carbons (Fsp3) is 1.00. The molecular weight excluding hydrogens is 194 g/mol. The third-order valence-electron chi connectivity index (χ3n) is 3.99. The first-order valence-electron chi connectivity index (χ1n) is 7.32. The molecule has 0 unspecified atom stereocenters. The van der Waals surface area contributed by atoms with Gasteiger partial charge in [0.15, 0.2) is 0 Å². The molecule has 1 nitrogen and oxygen atoms in total. The zero-order valence-corrected chi connectivity index (χ0v) is 11.8. The zero-order valence-electron chi connectivity index (χ0n) is 11.8. The Bertz CT molecular complexity index is 172. The summed E-state index contributed by atoms with van der Waals surface area (Å²) in [5.41, 5.74) is 0.744. The van der Waals surface area contributed by atoms with Gasteiger partial charge in [-0.25, -0.2) is 0 Å². The Kier molecular flexibility index (Phi) is 5.82. The smallest absolute Gasteiger partial charge is 0.00200 e. The quantitative estimate of drug-likeness (QED) is 0.652. The Labute approximate surface area is 102 Å². The van der Waals surface area contributed by atoms with Crippen LogP contribution in [0.3, 0.4) is 0 Å². The molecule has 0 spiro atoms. The van der Waals surface area contributed by atoms with Crippen LogP contribution >= 0.6 is 0 Å². The van der Waals surface area contributed by atoms with Crippen LogP contribution in [0.5, 0.6) is 0 Å². The first-order valence-corrected chi connectivity index (χ1v) is 7.32.